The number of anilines is 3. The molecule has 1 amide bonds. The molecule has 2 aromatic carbocycles. The maximum atomic E-state index is 12.5. The van der Waals surface area contributed by atoms with Crippen LogP contribution in [0.25, 0.3) is 0 Å². The number of hydrogen-bond donors (Lipinski definition) is 2. The van der Waals surface area contributed by atoms with Crippen molar-refractivity contribution < 1.29 is 9.53 Å². The molecule has 0 aliphatic rings. The monoisotopic (exact) mass is 368 g/mol. The molecule has 0 saturated heterocycles. The number of nitrogens with one attached hydrogen (secondary N) is 2. The van der Waals surface area contributed by atoms with E-state index >= 15 is 0 Å². The Bertz CT molecular complexity index is 946. The van der Waals surface area contributed by atoms with E-state index in [2.05, 4.69) is 20.6 Å². The molecule has 0 atom stereocenters. The number of rotatable bonds is 5. The molecule has 26 heavy (non-hydrogen) atoms. The fourth-order valence-electron chi connectivity index (χ4n) is 2.36. The molecule has 1 aromatic heterocycles. The van der Waals surface area contributed by atoms with Gasteiger partial charge in [0.2, 0.25) is 5.95 Å². The highest BCUT2D eigenvalue weighted by molar-refractivity contribution is 6.33. The van der Waals surface area contributed by atoms with Crippen LogP contribution < -0.4 is 15.4 Å². The number of ether oxygens (including phenoxy) is 1. The number of nitrogens with zero attached hydrogens (tertiary/aromatic N) is 2. The molecule has 0 unspecified atom stereocenters. The Kier molecular flexibility index (Phi) is 5.34. The van der Waals surface area contributed by atoms with Crippen LogP contribution in [-0.2, 0) is 0 Å². The molecule has 132 valence electrons. The van der Waals surface area contributed by atoms with Gasteiger partial charge in [0.25, 0.3) is 5.91 Å². The third-order valence-electron chi connectivity index (χ3n) is 3.56. The first-order valence-electron chi connectivity index (χ1n) is 7.88. The molecule has 1 heterocycles. The first kappa shape index (κ1) is 17.7. The first-order chi connectivity index (χ1) is 12.6. The standard InChI is InChI=1S/C19H17ClN4O2/c1-12-11-16(18(25)22-14-8-4-3-7-13(14)20)24-19(21-12)23-15-9-5-6-10-17(15)26-2/h3-11H,1-2H3,(H,22,25)(H,21,23,24). The number of hydrogen-bond acceptors (Lipinski definition) is 5. The molecule has 0 spiro atoms. The third-order valence-corrected chi connectivity index (χ3v) is 3.89. The third kappa shape index (κ3) is 4.10. The van der Waals surface area contributed by atoms with Crippen LogP contribution in [0, 0.1) is 6.92 Å². The predicted octanol–water partition coefficient (Wildman–Crippen LogP) is 4.44. The van der Waals surface area contributed by atoms with Crippen LogP contribution in [0.1, 0.15) is 16.2 Å². The van der Waals surface area contributed by atoms with Crippen LogP contribution in [-0.4, -0.2) is 23.0 Å². The Morgan fingerprint density at radius 3 is 2.46 bits per heavy atom. The number of benzene rings is 2. The molecular formula is C19H17ClN4O2. The number of halogens is 1. The van der Waals surface area contributed by atoms with Gasteiger partial charge in [-0.05, 0) is 37.3 Å². The summed E-state index contributed by atoms with van der Waals surface area (Å²) in [6.07, 6.45) is 0. The van der Waals surface area contributed by atoms with Gasteiger partial charge in [-0.1, -0.05) is 35.9 Å². The first-order valence-corrected chi connectivity index (χ1v) is 8.26. The maximum absolute atomic E-state index is 12.5. The quantitative estimate of drug-likeness (QED) is 0.696. The summed E-state index contributed by atoms with van der Waals surface area (Å²) in [7, 11) is 1.58. The van der Waals surface area contributed by atoms with Crippen LogP contribution >= 0.6 is 11.6 Å². The van der Waals surface area contributed by atoms with Crippen molar-refractivity contribution >= 4 is 34.8 Å². The lowest BCUT2D eigenvalue weighted by Gasteiger charge is -2.11. The van der Waals surface area contributed by atoms with Gasteiger partial charge in [0.1, 0.15) is 11.4 Å². The van der Waals surface area contributed by atoms with Crippen molar-refractivity contribution in [2.24, 2.45) is 0 Å². The van der Waals surface area contributed by atoms with Gasteiger partial charge >= 0.3 is 0 Å². The summed E-state index contributed by atoms with van der Waals surface area (Å²) in [5, 5.41) is 6.29. The number of carbonyl (C=O) groups is 1. The largest absolute Gasteiger partial charge is 0.495 e. The summed E-state index contributed by atoms with van der Waals surface area (Å²) in [5.41, 5.74) is 2.12. The van der Waals surface area contributed by atoms with E-state index in [4.69, 9.17) is 16.3 Å². The SMILES string of the molecule is COc1ccccc1Nc1nc(C)cc(C(=O)Nc2ccccc2Cl)n1. The molecule has 3 rings (SSSR count). The summed E-state index contributed by atoms with van der Waals surface area (Å²) in [6, 6.07) is 16.0. The number of amides is 1. The lowest BCUT2D eigenvalue weighted by molar-refractivity contribution is 0.102. The predicted molar refractivity (Wildman–Crippen MR) is 102 cm³/mol. The van der Waals surface area contributed by atoms with Gasteiger partial charge in [0.05, 0.1) is 23.5 Å². The highest BCUT2D eigenvalue weighted by Gasteiger charge is 2.13. The molecule has 6 nitrogen and oxygen atoms in total. The molecule has 0 saturated carbocycles. The van der Waals surface area contributed by atoms with E-state index in [0.29, 0.717) is 33.8 Å². The van der Waals surface area contributed by atoms with E-state index in [9.17, 15) is 4.79 Å². The van der Waals surface area contributed by atoms with E-state index in [1.54, 1.807) is 44.4 Å². The zero-order chi connectivity index (χ0) is 18.5. The average Bonchev–Trinajstić information content (AvgIpc) is 2.63. The van der Waals surface area contributed by atoms with Crippen molar-refractivity contribution in [3.05, 3.63) is 71.0 Å². The number of carbonyl (C=O) groups excluding carboxylic acids is 1. The van der Waals surface area contributed by atoms with E-state index in [1.807, 2.05) is 24.3 Å². The van der Waals surface area contributed by atoms with Crippen molar-refractivity contribution in [2.75, 3.05) is 17.7 Å². The number of aryl methyl sites for hydroxylation is 1. The average molecular weight is 369 g/mol. The van der Waals surface area contributed by atoms with Gasteiger partial charge in [-0.15, -0.1) is 0 Å². The zero-order valence-corrected chi connectivity index (χ0v) is 15.0. The molecule has 0 bridgehead atoms. The Labute approximate surface area is 156 Å². The summed E-state index contributed by atoms with van der Waals surface area (Å²) >= 11 is 6.09. The van der Waals surface area contributed by atoms with Gasteiger partial charge in [0, 0.05) is 5.69 Å². The van der Waals surface area contributed by atoms with Gasteiger partial charge in [0.15, 0.2) is 0 Å². The molecule has 7 heteroatoms. The smallest absolute Gasteiger partial charge is 0.274 e. The molecule has 0 radical (unpaired) electrons. The topological polar surface area (TPSA) is 76.1 Å². The maximum Gasteiger partial charge on any atom is 0.274 e. The second-order valence-corrected chi connectivity index (χ2v) is 5.88. The minimum Gasteiger partial charge on any atom is -0.495 e. The summed E-state index contributed by atoms with van der Waals surface area (Å²) in [6.45, 7) is 1.79. The lowest BCUT2D eigenvalue weighted by Crippen LogP contribution is -2.15. The molecule has 3 aromatic rings. The van der Waals surface area contributed by atoms with E-state index in [0.717, 1.165) is 0 Å². The zero-order valence-electron chi connectivity index (χ0n) is 14.3. The van der Waals surface area contributed by atoms with Gasteiger partial charge in [-0.25, -0.2) is 9.97 Å². The fraction of sp³-hybridized carbons (Fsp3) is 0.105. The van der Waals surface area contributed by atoms with Crippen LogP contribution in [0.15, 0.2) is 54.6 Å². The molecule has 0 fully saturated rings. The van der Waals surface area contributed by atoms with Gasteiger partial charge in [-0.3, -0.25) is 4.79 Å². The summed E-state index contributed by atoms with van der Waals surface area (Å²) in [4.78, 5) is 21.2. The van der Waals surface area contributed by atoms with E-state index < -0.39 is 0 Å². The second kappa shape index (κ2) is 7.84. The van der Waals surface area contributed by atoms with E-state index in [-0.39, 0.29) is 11.6 Å². The van der Waals surface area contributed by atoms with Crippen molar-refractivity contribution in [3.63, 3.8) is 0 Å². The Balaban J connectivity index is 1.85. The molecule has 0 aliphatic carbocycles. The Morgan fingerprint density at radius 2 is 1.73 bits per heavy atom. The van der Waals surface area contributed by atoms with Crippen LogP contribution in [0.3, 0.4) is 0 Å². The highest BCUT2D eigenvalue weighted by atomic mass is 35.5. The van der Waals surface area contributed by atoms with Crippen molar-refractivity contribution in [2.45, 2.75) is 6.92 Å². The van der Waals surface area contributed by atoms with Crippen molar-refractivity contribution in [1.29, 1.82) is 0 Å². The highest BCUT2D eigenvalue weighted by Crippen LogP contribution is 2.26. The summed E-state index contributed by atoms with van der Waals surface area (Å²) < 4.78 is 5.31. The minimum absolute atomic E-state index is 0.231. The fourth-order valence-corrected chi connectivity index (χ4v) is 2.54. The lowest BCUT2D eigenvalue weighted by atomic mass is 10.2. The normalized spacial score (nSPS) is 10.3. The Hall–Kier alpha value is -3.12. The molecule has 0 aliphatic heterocycles. The molecular weight excluding hydrogens is 352 g/mol. The van der Waals surface area contributed by atoms with Crippen molar-refractivity contribution in [3.8, 4) is 5.75 Å². The number of para-hydroxylation sites is 3. The number of aromatic nitrogens is 2. The minimum atomic E-state index is -0.369. The number of methoxy groups -OCH3 is 1. The van der Waals surface area contributed by atoms with Gasteiger partial charge in [-0.2, -0.15) is 0 Å². The van der Waals surface area contributed by atoms with Crippen molar-refractivity contribution in [1.82, 2.24) is 9.97 Å². The Morgan fingerprint density at radius 1 is 1.04 bits per heavy atom. The summed E-state index contributed by atoms with van der Waals surface area (Å²) in [5.74, 6) is 0.588. The van der Waals surface area contributed by atoms with E-state index in [1.165, 1.54) is 0 Å². The molecule has 2 N–H and O–H groups in total. The second-order valence-electron chi connectivity index (χ2n) is 5.48. The van der Waals surface area contributed by atoms with Gasteiger partial charge < -0.3 is 15.4 Å². The van der Waals surface area contributed by atoms with Crippen LogP contribution in [0.4, 0.5) is 17.3 Å². The van der Waals surface area contributed by atoms with Crippen LogP contribution in [0.5, 0.6) is 5.75 Å². The van der Waals surface area contributed by atoms with Crippen LogP contribution in [0.2, 0.25) is 5.02 Å².